The molecule has 3 rings (SSSR count). The maximum Gasteiger partial charge on any atom is 0.236 e. The fourth-order valence-electron chi connectivity index (χ4n) is 1.99. The zero-order chi connectivity index (χ0) is 14.8. The minimum Gasteiger partial charge on any atom is -0.471 e. The third kappa shape index (κ3) is 2.95. The standard InChI is InChI=1S/C16H12ClFN2O/c1-10-16(20-15-5-3-2-4-14(15)19-10)21-9-11-6-7-12(18)8-13(11)17/h2-8H,9H2,1H3. The second-order valence-electron chi connectivity index (χ2n) is 4.63. The Bertz CT molecular complexity index is 807. The van der Waals surface area contributed by atoms with Crippen molar-refractivity contribution in [2.45, 2.75) is 13.5 Å². The van der Waals surface area contributed by atoms with Crippen molar-refractivity contribution < 1.29 is 9.13 Å². The van der Waals surface area contributed by atoms with Crippen LogP contribution in [-0.4, -0.2) is 9.97 Å². The quantitative estimate of drug-likeness (QED) is 0.723. The van der Waals surface area contributed by atoms with Crippen LogP contribution in [0.2, 0.25) is 5.02 Å². The van der Waals surface area contributed by atoms with Gasteiger partial charge in [0.2, 0.25) is 5.88 Å². The molecule has 2 aromatic carbocycles. The summed E-state index contributed by atoms with van der Waals surface area (Å²) < 4.78 is 18.7. The van der Waals surface area contributed by atoms with E-state index in [0.717, 1.165) is 11.0 Å². The van der Waals surface area contributed by atoms with E-state index in [4.69, 9.17) is 16.3 Å². The lowest BCUT2D eigenvalue weighted by molar-refractivity contribution is 0.291. The molecular formula is C16H12ClFN2O. The molecule has 0 radical (unpaired) electrons. The van der Waals surface area contributed by atoms with E-state index in [-0.39, 0.29) is 12.4 Å². The Morgan fingerprint density at radius 2 is 1.81 bits per heavy atom. The molecule has 0 amide bonds. The Morgan fingerprint density at radius 1 is 1.10 bits per heavy atom. The summed E-state index contributed by atoms with van der Waals surface area (Å²) in [7, 11) is 0. The molecule has 0 fully saturated rings. The normalized spacial score (nSPS) is 10.8. The largest absolute Gasteiger partial charge is 0.471 e. The summed E-state index contributed by atoms with van der Waals surface area (Å²) in [4.78, 5) is 8.88. The highest BCUT2D eigenvalue weighted by atomic mass is 35.5. The highest BCUT2D eigenvalue weighted by Gasteiger charge is 2.08. The Labute approximate surface area is 126 Å². The Hall–Kier alpha value is -2.20. The highest BCUT2D eigenvalue weighted by molar-refractivity contribution is 6.31. The zero-order valence-corrected chi connectivity index (χ0v) is 12.1. The SMILES string of the molecule is Cc1nc2ccccc2nc1OCc1ccc(F)cc1Cl. The van der Waals surface area contributed by atoms with E-state index in [1.165, 1.54) is 12.1 Å². The monoisotopic (exact) mass is 302 g/mol. The molecule has 0 aliphatic carbocycles. The van der Waals surface area contributed by atoms with E-state index < -0.39 is 0 Å². The Kier molecular flexibility index (Phi) is 3.71. The minimum atomic E-state index is -0.370. The number of aryl methyl sites for hydroxylation is 1. The molecule has 0 unspecified atom stereocenters. The number of hydrogen-bond acceptors (Lipinski definition) is 3. The molecule has 21 heavy (non-hydrogen) atoms. The van der Waals surface area contributed by atoms with Crippen LogP contribution < -0.4 is 4.74 Å². The van der Waals surface area contributed by atoms with Gasteiger partial charge in [-0.1, -0.05) is 29.8 Å². The van der Waals surface area contributed by atoms with Crippen LogP contribution in [0.1, 0.15) is 11.3 Å². The molecule has 1 aromatic heterocycles. The Balaban J connectivity index is 1.86. The van der Waals surface area contributed by atoms with Gasteiger partial charge in [-0.3, -0.25) is 0 Å². The average molecular weight is 303 g/mol. The van der Waals surface area contributed by atoms with Crippen LogP contribution in [-0.2, 0) is 6.61 Å². The molecule has 3 nitrogen and oxygen atoms in total. The van der Waals surface area contributed by atoms with Crippen molar-refractivity contribution in [1.29, 1.82) is 0 Å². The van der Waals surface area contributed by atoms with Gasteiger partial charge in [0.15, 0.2) is 0 Å². The highest BCUT2D eigenvalue weighted by Crippen LogP contribution is 2.22. The van der Waals surface area contributed by atoms with Gasteiger partial charge in [-0.25, -0.2) is 14.4 Å². The first-order valence-corrected chi connectivity index (χ1v) is 6.81. The van der Waals surface area contributed by atoms with Gasteiger partial charge in [0.25, 0.3) is 0 Å². The molecule has 0 aliphatic heterocycles. The third-order valence-corrected chi connectivity index (χ3v) is 3.43. The molecule has 0 bridgehead atoms. The van der Waals surface area contributed by atoms with Crippen molar-refractivity contribution in [1.82, 2.24) is 9.97 Å². The number of rotatable bonds is 3. The van der Waals surface area contributed by atoms with Gasteiger partial charge in [0.1, 0.15) is 18.1 Å². The lowest BCUT2D eigenvalue weighted by Crippen LogP contribution is -2.02. The van der Waals surface area contributed by atoms with E-state index >= 15 is 0 Å². The van der Waals surface area contributed by atoms with E-state index in [1.54, 1.807) is 6.07 Å². The van der Waals surface area contributed by atoms with E-state index in [9.17, 15) is 4.39 Å². The number of benzene rings is 2. The first-order valence-electron chi connectivity index (χ1n) is 6.43. The molecule has 0 atom stereocenters. The lowest BCUT2D eigenvalue weighted by Gasteiger charge is -2.10. The third-order valence-electron chi connectivity index (χ3n) is 3.08. The summed E-state index contributed by atoms with van der Waals surface area (Å²) in [6.07, 6.45) is 0. The minimum absolute atomic E-state index is 0.215. The van der Waals surface area contributed by atoms with E-state index in [1.807, 2.05) is 31.2 Å². The van der Waals surface area contributed by atoms with Crippen LogP contribution in [0, 0.1) is 12.7 Å². The number of aromatic nitrogens is 2. The smallest absolute Gasteiger partial charge is 0.236 e. The van der Waals surface area contributed by atoms with Crippen LogP contribution in [0.5, 0.6) is 5.88 Å². The fourth-order valence-corrected chi connectivity index (χ4v) is 2.22. The predicted octanol–water partition coefficient (Wildman–Crippen LogP) is 4.31. The van der Waals surface area contributed by atoms with Crippen molar-refractivity contribution in [2.24, 2.45) is 0 Å². The fraction of sp³-hybridized carbons (Fsp3) is 0.125. The second kappa shape index (κ2) is 5.66. The zero-order valence-electron chi connectivity index (χ0n) is 11.3. The van der Waals surface area contributed by atoms with Gasteiger partial charge in [0, 0.05) is 5.56 Å². The maximum atomic E-state index is 13.0. The summed E-state index contributed by atoms with van der Waals surface area (Å²) in [6.45, 7) is 2.05. The van der Waals surface area contributed by atoms with E-state index in [2.05, 4.69) is 9.97 Å². The van der Waals surface area contributed by atoms with Crippen LogP contribution in [0.25, 0.3) is 11.0 Å². The molecule has 0 N–H and O–H groups in total. The van der Waals surface area contributed by atoms with Crippen molar-refractivity contribution >= 4 is 22.6 Å². The first-order chi connectivity index (χ1) is 10.1. The number of para-hydroxylation sites is 2. The summed E-state index contributed by atoms with van der Waals surface area (Å²) in [5.41, 5.74) is 2.99. The molecule has 0 aliphatic rings. The second-order valence-corrected chi connectivity index (χ2v) is 5.03. The van der Waals surface area contributed by atoms with Crippen molar-refractivity contribution in [2.75, 3.05) is 0 Å². The molecule has 0 saturated carbocycles. The first kappa shape index (κ1) is 13.8. The molecule has 106 valence electrons. The summed E-state index contributed by atoms with van der Waals surface area (Å²) in [5, 5.41) is 0.335. The lowest BCUT2D eigenvalue weighted by atomic mass is 10.2. The number of ether oxygens (including phenoxy) is 1. The van der Waals surface area contributed by atoms with Crippen LogP contribution in [0.15, 0.2) is 42.5 Å². The van der Waals surface area contributed by atoms with Gasteiger partial charge in [-0.05, 0) is 31.2 Å². The average Bonchev–Trinajstić information content (AvgIpc) is 2.46. The molecular weight excluding hydrogens is 291 g/mol. The molecule has 5 heteroatoms. The summed E-state index contributed by atoms with van der Waals surface area (Å²) >= 11 is 5.97. The molecule has 1 heterocycles. The summed E-state index contributed by atoms with van der Waals surface area (Å²) in [6, 6.07) is 11.8. The summed E-state index contributed by atoms with van der Waals surface area (Å²) in [5.74, 6) is 0.0829. The van der Waals surface area contributed by atoms with Gasteiger partial charge >= 0.3 is 0 Å². The Morgan fingerprint density at radius 3 is 2.52 bits per heavy atom. The van der Waals surface area contributed by atoms with Crippen molar-refractivity contribution in [3.05, 3.63) is 64.6 Å². The number of hydrogen-bond donors (Lipinski definition) is 0. The van der Waals surface area contributed by atoms with Gasteiger partial charge in [0.05, 0.1) is 16.1 Å². The number of nitrogens with zero attached hydrogens (tertiary/aromatic N) is 2. The number of halogens is 2. The van der Waals surface area contributed by atoms with E-state index in [0.29, 0.717) is 22.2 Å². The van der Waals surface area contributed by atoms with Crippen LogP contribution in [0.4, 0.5) is 4.39 Å². The van der Waals surface area contributed by atoms with Crippen molar-refractivity contribution in [3.63, 3.8) is 0 Å². The van der Waals surface area contributed by atoms with Gasteiger partial charge < -0.3 is 4.74 Å². The van der Waals surface area contributed by atoms with Gasteiger partial charge in [-0.15, -0.1) is 0 Å². The predicted molar refractivity (Wildman–Crippen MR) is 80.0 cm³/mol. The van der Waals surface area contributed by atoms with Crippen LogP contribution >= 0.6 is 11.6 Å². The maximum absolute atomic E-state index is 13.0. The van der Waals surface area contributed by atoms with Crippen molar-refractivity contribution in [3.8, 4) is 5.88 Å². The number of fused-ring (bicyclic) bond motifs is 1. The molecule has 0 saturated heterocycles. The molecule has 0 spiro atoms. The molecule has 3 aromatic rings. The van der Waals surface area contributed by atoms with Crippen LogP contribution in [0.3, 0.4) is 0 Å². The van der Waals surface area contributed by atoms with Gasteiger partial charge in [-0.2, -0.15) is 0 Å². The topological polar surface area (TPSA) is 35.0 Å².